The zero-order chi connectivity index (χ0) is 33.6. The monoisotopic (exact) mass is 645 g/mol. The number of aromatic nitrogens is 5. The highest BCUT2D eigenvalue weighted by Gasteiger charge is 2.23. The first-order chi connectivity index (χ1) is 24.7. The van der Waals surface area contributed by atoms with Gasteiger partial charge in [-0.2, -0.15) is 9.97 Å². The van der Waals surface area contributed by atoms with Gasteiger partial charge >= 0.3 is 0 Å². The summed E-state index contributed by atoms with van der Waals surface area (Å²) in [6.45, 7) is 0. The first-order valence-corrected chi connectivity index (χ1v) is 16.3. The molecular weight excluding hydrogens is 619 g/mol. The number of hydrogen-bond donors (Lipinski definition) is 0. The van der Waals surface area contributed by atoms with Gasteiger partial charge in [-0.15, -0.1) is 0 Å². The van der Waals surface area contributed by atoms with Gasteiger partial charge in [0.15, 0.2) is 11.6 Å². The maximum Gasteiger partial charge on any atom is 0.283 e. The average Bonchev–Trinajstić information content (AvgIpc) is 3.19. The third-order valence-electron chi connectivity index (χ3n) is 9.01. The Bertz CT molecular complexity index is 2850. The Morgan fingerprint density at radius 3 is 1.62 bits per heavy atom. The molecule has 236 valence electrons. The zero-order valence-corrected chi connectivity index (χ0v) is 26.6. The van der Waals surface area contributed by atoms with Crippen LogP contribution in [-0.2, 0) is 0 Å². The van der Waals surface area contributed by atoms with E-state index in [1.54, 1.807) is 4.40 Å². The number of rotatable bonds is 5. The molecule has 0 aliphatic heterocycles. The molecule has 0 aliphatic carbocycles. The van der Waals surface area contributed by atoms with Crippen LogP contribution in [0.25, 0.3) is 78.3 Å². The van der Waals surface area contributed by atoms with Crippen LogP contribution in [0.2, 0.25) is 0 Å². The second kappa shape index (κ2) is 11.9. The van der Waals surface area contributed by atoms with Crippen molar-refractivity contribution >= 4 is 27.3 Å². The van der Waals surface area contributed by atoms with E-state index in [-0.39, 0.29) is 17.0 Å². The SMILES string of the molecule is O=c1c2c(-c3ccccc3)c3ccccc3c(=O)n2c2ccccc2n1-c1nc(-c2ccccc2)nc(-c2cccc(-c3ccccc3)c2)n1. The van der Waals surface area contributed by atoms with Crippen molar-refractivity contribution in [1.82, 2.24) is 23.9 Å². The Kier molecular flexibility index (Phi) is 6.95. The van der Waals surface area contributed by atoms with Crippen LogP contribution < -0.4 is 11.1 Å². The van der Waals surface area contributed by atoms with Gasteiger partial charge in [0.05, 0.1) is 11.0 Å². The van der Waals surface area contributed by atoms with E-state index in [0.29, 0.717) is 39.0 Å². The van der Waals surface area contributed by atoms with E-state index in [4.69, 9.17) is 15.0 Å². The molecule has 9 aromatic rings. The Morgan fingerprint density at radius 1 is 0.400 bits per heavy atom. The van der Waals surface area contributed by atoms with Crippen LogP contribution in [-0.4, -0.2) is 23.9 Å². The fourth-order valence-corrected chi connectivity index (χ4v) is 6.71. The largest absolute Gasteiger partial charge is 0.283 e. The maximum atomic E-state index is 15.2. The van der Waals surface area contributed by atoms with Crippen LogP contribution in [0, 0.1) is 0 Å². The molecule has 0 radical (unpaired) electrons. The third-order valence-corrected chi connectivity index (χ3v) is 9.01. The Balaban J connectivity index is 1.41. The lowest BCUT2D eigenvalue weighted by Crippen LogP contribution is -2.29. The highest BCUT2D eigenvalue weighted by atomic mass is 16.1. The van der Waals surface area contributed by atoms with Crippen LogP contribution in [0.1, 0.15) is 0 Å². The first kappa shape index (κ1) is 29.2. The highest BCUT2D eigenvalue weighted by molar-refractivity contribution is 6.04. The van der Waals surface area contributed by atoms with Crippen LogP contribution in [0.3, 0.4) is 0 Å². The molecule has 0 fully saturated rings. The van der Waals surface area contributed by atoms with Gasteiger partial charge in [-0.1, -0.05) is 140 Å². The molecule has 7 heteroatoms. The van der Waals surface area contributed by atoms with E-state index in [0.717, 1.165) is 27.8 Å². The molecule has 0 bridgehead atoms. The molecule has 0 saturated heterocycles. The number of pyridine rings is 1. The summed E-state index contributed by atoms with van der Waals surface area (Å²) in [5.41, 5.74) is 5.73. The number of nitrogens with zero attached hydrogens (tertiary/aromatic N) is 5. The summed E-state index contributed by atoms with van der Waals surface area (Å²) in [5.74, 6) is 0.995. The molecular formula is C43H27N5O2. The summed E-state index contributed by atoms with van der Waals surface area (Å²) in [6.07, 6.45) is 0. The Hall–Kier alpha value is -6.99. The topological polar surface area (TPSA) is 82.1 Å². The van der Waals surface area contributed by atoms with Crippen molar-refractivity contribution in [2.45, 2.75) is 0 Å². The van der Waals surface area contributed by atoms with Gasteiger partial charge in [0.2, 0.25) is 5.95 Å². The van der Waals surface area contributed by atoms with Crippen LogP contribution >= 0.6 is 0 Å². The summed E-state index contributed by atoms with van der Waals surface area (Å²) in [6, 6.07) is 52.3. The number of hydrogen-bond acceptors (Lipinski definition) is 5. The van der Waals surface area contributed by atoms with Gasteiger partial charge in [-0.25, -0.2) is 9.55 Å². The lowest BCUT2D eigenvalue weighted by Gasteiger charge is -2.18. The molecule has 0 atom stereocenters. The van der Waals surface area contributed by atoms with E-state index >= 15 is 4.79 Å². The van der Waals surface area contributed by atoms with E-state index in [9.17, 15) is 4.79 Å². The van der Waals surface area contributed by atoms with Crippen molar-refractivity contribution in [3.8, 4) is 51.0 Å². The molecule has 9 rings (SSSR count). The van der Waals surface area contributed by atoms with Crippen molar-refractivity contribution in [2.75, 3.05) is 0 Å². The summed E-state index contributed by atoms with van der Waals surface area (Å²) in [7, 11) is 0. The zero-order valence-electron chi connectivity index (χ0n) is 26.6. The molecule has 0 spiro atoms. The Labute approximate surface area is 286 Å². The second-order valence-electron chi connectivity index (χ2n) is 12.0. The van der Waals surface area contributed by atoms with Crippen molar-refractivity contribution in [2.24, 2.45) is 0 Å². The average molecular weight is 646 g/mol. The van der Waals surface area contributed by atoms with E-state index in [2.05, 4.69) is 12.1 Å². The first-order valence-electron chi connectivity index (χ1n) is 16.3. The summed E-state index contributed by atoms with van der Waals surface area (Å²) in [5, 5.41) is 1.22. The van der Waals surface area contributed by atoms with Gasteiger partial charge in [0, 0.05) is 22.1 Å². The normalized spacial score (nSPS) is 11.4. The smallest absolute Gasteiger partial charge is 0.269 e. The quantitative estimate of drug-likeness (QED) is 0.138. The molecule has 0 saturated carbocycles. The second-order valence-corrected chi connectivity index (χ2v) is 12.0. The maximum absolute atomic E-state index is 15.2. The van der Waals surface area contributed by atoms with E-state index < -0.39 is 5.56 Å². The summed E-state index contributed by atoms with van der Waals surface area (Å²) in [4.78, 5) is 44.3. The molecule has 0 unspecified atom stereocenters. The molecule has 3 heterocycles. The minimum atomic E-state index is -0.417. The predicted molar refractivity (Wildman–Crippen MR) is 199 cm³/mol. The standard InChI is InChI=1S/C43H27N5O2/c49-41-34-24-11-10-23-33(34)37(29-17-6-2-7-18-29)38-42(50)48(36-26-13-12-25-35(36)47(38)41)43-45-39(30-19-8-3-9-20-30)44-40(46-43)32-22-14-21-31(27-32)28-15-4-1-5-16-28/h1-27H. The van der Waals surface area contributed by atoms with Crippen molar-refractivity contribution in [3.05, 3.63) is 184 Å². The molecule has 0 amide bonds. The summed E-state index contributed by atoms with van der Waals surface area (Å²) < 4.78 is 3.06. The van der Waals surface area contributed by atoms with Crippen LogP contribution in [0.5, 0.6) is 0 Å². The van der Waals surface area contributed by atoms with E-state index in [1.165, 1.54) is 4.57 Å². The Morgan fingerprint density at radius 2 is 0.920 bits per heavy atom. The molecule has 3 aromatic heterocycles. The number of benzene rings is 6. The number of fused-ring (bicyclic) bond motifs is 4. The van der Waals surface area contributed by atoms with Gasteiger partial charge in [-0.05, 0) is 46.3 Å². The minimum Gasteiger partial charge on any atom is -0.269 e. The van der Waals surface area contributed by atoms with Gasteiger partial charge in [-0.3, -0.25) is 14.0 Å². The summed E-state index contributed by atoms with van der Waals surface area (Å²) >= 11 is 0. The van der Waals surface area contributed by atoms with Crippen molar-refractivity contribution < 1.29 is 0 Å². The van der Waals surface area contributed by atoms with Crippen molar-refractivity contribution in [1.29, 1.82) is 0 Å². The minimum absolute atomic E-state index is 0.155. The fourth-order valence-electron chi connectivity index (χ4n) is 6.71. The van der Waals surface area contributed by atoms with Gasteiger partial charge in [0.1, 0.15) is 5.52 Å². The molecule has 0 aliphatic rings. The lowest BCUT2D eigenvalue weighted by atomic mass is 9.98. The highest BCUT2D eigenvalue weighted by Crippen LogP contribution is 2.32. The molecule has 0 N–H and O–H groups in total. The third kappa shape index (κ3) is 4.79. The molecule has 50 heavy (non-hydrogen) atoms. The van der Waals surface area contributed by atoms with Crippen LogP contribution in [0.4, 0.5) is 0 Å². The van der Waals surface area contributed by atoms with Crippen LogP contribution in [0.15, 0.2) is 173 Å². The predicted octanol–water partition coefficient (Wildman–Crippen LogP) is 8.61. The molecule has 6 aromatic carbocycles. The fraction of sp³-hybridized carbons (Fsp3) is 0. The lowest BCUT2D eigenvalue weighted by molar-refractivity contribution is 0.893. The van der Waals surface area contributed by atoms with Gasteiger partial charge < -0.3 is 0 Å². The molecule has 7 nitrogen and oxygen atoms in total. The van der Waals surface area contributed by atoms with Crippen molar-refractivity contribution in [3.63, 3.8) is 0 Å². The number of para-hydroxylation sites is 2. The van der Waals surface area contributed by atoms with Gasteiger partial charge in [0.25, 0.3) is 11.1 Å². The van der Waals surface area contributed by atoms with E-state index in [1.807, 2.05) is 152 Å².